The summed E-state index contributed by atoms with van der Waals surface area (Å²) in [7, 11) is 2.07. The predicted molar refractivity (Wildman–Crippen MR) is 86.1 cm³/mol. The zero-order valence-electron chi connectivity index (χ0n) is 13.0. The lowest BCUT2D eigenvalue weighted by atomic mass is 9.99. The van der Waals surface area contributed by atoms with Gasteiger partial charge in [-0.3, -0.25) is 0 Å². The molecule has 0 radical (unpaired) electrons. The Hall–Kier alpha value is -2.03. The van der Waals surface area contributed by atoms with Crippen LogP contribution in [0.2, 0.25) is 0 Å². The van der Waals surface area contributed by atoms with E-state index in [4.69, 9.17) is 5.73 Å². The van der Waals surface area contributed by atoms with Gasteiger partial charge in [-0.25, -0.2) is 4.98 Å². The van der Waals surface area contributed by atoms with E-state index in [9.17, 15) is 0 Å². The number of hydrogen-bond donors (Lipinski definition) is 1. The highest BCUT2D eigenvalue weighted by atomic mass is 15.2. The molecule has 1 aromatic carbocycles. The van der Waals surface area contributed by atoms with Crippen LogP contribution in [0.4, 0.5) is 11.5 Å². The molecule has 1 aromatic heterocycles. The highest BCUT2D eigenvalue weighted by Gasteiger charge is 2.11. The number of pyridine rings is 1. The van der Waals surface area contributed by atoms with E-state index in [1.54, 1.807) is 6.20 Å². The van der Waals surface area contributed by atoms with Gasteiger partial charge in [0.1, 0.15) is 5.82 Å². The van der Waals surface area contributed by atoms with E-state index in [2.05, 4.69) is 49.8 Å². The molecule has 0 aliphatic carbocycles. The van der Waals surface area contributed by atoms with Gasteiger partial charge in [0, 0.05) is 13.6 Å². The minimum absolute atomic E-state index is 0.711. The molecule has 2 aromatic rings. The zero-order valence-corrected chi connectivity index (χ0v) is 13.0. The highest BCUT2D eigenvalue weighted by Crippen LogP contribution is 2.23. The molecule has 0 saturated heterocycles. The maximum Gasteiger partial charge on any atom is 0.131 e. The van der Waals surface area contributed by atoms with Crippen molar-refractivity contribution in [1.82, 2.24) is 4.98 Å². The predicted octanol–water partition coefficient (Wildman–Crippen LogP) is 3.53. The van der Waals surface area contributed by atoms with Crippen molar-refractivity contribution in [2.75, 3.05) is 17.7 Å². The van der Waals surface area contributed by atoms with Gasteiger partial charge in [0.2, 0.25) is 0 Å². The standard InChI is InChI=1S/C17H23N3/c1-11-6-12(2)16(13(3)7-11)10-20(5)17-14(4)8-15(18)9-19-17/h6-9H,10,18H2,1-5H3. The Morgan fingerprint density at radius 2 is 1.60 bits per heavy atom. The van der Waals surface area contributed by atoms with Crippen molar-refractivity contribution in [3.63, 3.8) is 0 Å². The van der Waals surface area contributed by atoms with Crippen molar-refractivity contribution < 1.29 is 0 Å². The number of aromatic nitrogens is 1. The maximum absolute atomic E-state index is 5.76. The Bertz CT molecular complexity index is 609. The lowest BCUT2D eigenvalue weighted by Gasteiger charge is -2.23. The molecule has 1 heterocycles. The summed E-state index contributed by atoms with van der Waals surface area (Å²) >= 11 is 0. The van der Waals surface area contributed by atoms with Gasteiger partial charge in [-0.1, -0.05) is 17.7 Å². The largest absolute Gasteiger partial charge is 0.397 e. The van der Waals surface area contributed by atoms with Crippen molar-refractivity contribution in [1.29, 1.82) is 0 Å². The second-order valence-electron chi connectivity index (χ2n) is 5.64. The summed E-state index contributed by atoms with van der Waals surface area (Å²) in [6, 6.07) is 6.44. The average Bonchev–Trinajstić information content (AvgIpc) is 2.33. The molecule has 2 rings (SSSR count). The third-order valence-electron chi connectivity index (χ3n) is 3.67. The van der Waals surface area contributed by atoms with E-state index in [-0.39, 0.29) is 0 Å². The average molecular weight is 269 g/mol. The molecule has 0 amide bonds. The van der Waals surface area contributed by atoms with E-state index >= 15 is 0 Å². The molecule has 106 valence electrons. The number of anilines is 2. The Morgan fingerprint density at radius 3 is 2.15 bits per heavy atom. The molecule has 0 fully saturated rings. The minimum atomic E-state index is 0.711. The SMILES string of the molecule is Cc1cc(C)c(CN(C)c2ncc(N)cc2C)c(C)c1. The topological polar surface area (TPSA) is 42.2 Å². The molecule has 3 nitrogen and oxygen atoms in total. The normalized spacial score (nSPS) is 10.7. The first-order chi connectivity index (χ1) is 9.38. The smallest absolute Gasteiger partial charge is 0.131 e. The van der Waals surface area contributed by atoms with Crippen LogP contribution in [0.15, 0.2) is 24.4 Å². The summed E-state index contributed by atoms with van der Waals surface area (Å²) < 4.78 is 0. The molecular weight excluding hydrogens is 246 g/mol. The first-order valence-electron chi connectivity index (χ1n) is 6.88. The highest BCUT2D eigenvalue weighted by molar-refractivity contribution is 5.53. The number of rotatable bonds is 3. The molecule has 20 heavy (non-hydrogen) atoms. The fraction of sp³-hybridized carbons (Fsp3) is 0.353. The lowest BCUT2D eigenvalue weighted by molar-refractivity contribution is 0.876. The summed E-state index contributed by atoms with van der Waals surface area (Å²) in [6.45, 7) is 9.39. The molecule has 3 heteroatoms. The summed E-state index contributed by atoms with van der Waals surface area (Å²) in [5.74, 6) is 0.985. The van der Waals surface area contributed by atoms with E-state index < -0.39 is 0 Å². The minimum Gasteiger partial charge on any atom is -0.397 e. The Labute approximate surface area is 121 Å². The summed E-state index contributed by atoms with van der Waals surface area (Å²) in [5.41, 5.74) is 12.9. The third-order valence-corrected chi connectivity index (χ3v) is 3.67. The Morgan fingerprint density at radius 1 is 1.00 bits per heavy atom. The van der Waals surface area contributed by atoms with Gasteiger partial charge in [-0.15, -0.1) is 0 Å². The van der Waals surface area contributed by atoms with Gasteiger partial charge in [0.25, 0.3) is 0 Å². The van der Waals surface area contributed by atoms with Crippen LogP contribution in [0, 0.1) is 27.7 Å². The van der Waals surface area contributed by atoms with Gasteiger partial charge in [-0.05, 0) is 56.0 Å². The van der Waals surface area contributed by atoms with Gasteiger partial charge in [0.05, 0.1) is 11.9 Å². The van der Waals surface area contributed by atoms with Crippen LogP contribution >= 0.6 is 0 Å². The molecule has 0 saturated carbocycles. The van der Waals surface area contributed by atoms with Crippen LogP contribution in [0.1, 0.15) is 27.8 Å². The molecule has 0 unspecified atom stereocenters. The fourth-order valence-corrected chi connectivity index (χ4v) is 2.76. The van der Waals surface area contributed by atoms with Crippen molar-refractivity contribution in [2.45, 2.75) is 34.2 Å². The van der Waals surface area contributed by atoms with Crippen LogP contribution in [-0.2, 0) is 6.54 Å². The molecule has 2 N–H and O–H groups in total. The summed E-state index contributed by atoms with van der Waals surface area (Å²) in [4.78, 5) is 6.63. The van der Waals surface area contributed by atoms with Crippen molar-refractivity contribution in [3.8, 4) is 0 Å². The number of aryl methyl sites for hydroxylation is 4. The first-order valence-corrected chi connectivity index (χ1v) is 6.88. The zero-order chi connectivity index (χ0) is 14.9. The van der Waals surface area contributed by atoms with E-state index in [1.807, 2.05) is 13.0 Å². The van der Waals surface area contributed by atoms with E-state index in [1.165, 1.54) is 22.3 Å². The van der Waals surface area contributed by atoms with Gasteiger partial charge in [0.15, 0.2) is 0 Å². The summed E-state index contributed by atoms with van der Waals surface area (Å²) in [6.07, 6.45) is 1.72. The van der Waals surface area contributed by atoms with Crippen LogP contribution < -0.4 is 10.6 Å². The number of nitrogens with zero attached hydrogens (tertiary/aromatic N) is 2. The molecular formula is C17H23N3. The quantitative estimate of drug-likeness (QED) is 0.926. The van der Waals surface area contributed by atoms with Crippen LogP contribution in [0.3, 0.4) is 0 Å². The van der Waals surface area contributed by atoms with E-state index in [0.717, 1.165) is 17.9 Å². The number of hydrogen-bond acceptors (Lipinski definition) is 3. The lowest BCUT2D eigenvalue weighted by Crippen LogP contribution is -2.20. The van der Waals surface area contributed by atoms with E-state index in [0.29, 0.717) is 5.69 Å². The number of nitrogens with two attached hydrogens (primary N) is 1. The third kappa shape index (κ3) is 2.93. The number of benzene rings is 1. The maximum atomic E-state index is 5.76. The van der Waals surface area contributed by atoms with Gasteiger partial charge < -0.3 is 10.6 Å². The second kappa shape index (κ2) is 5.53. The van der Waals surface area contributed by atoms with Crippen molar-refractivity contribution in [3.05, 3.63) is 52.2 Å². The van der Waals surface area contributed by atoms with Gasteiger partial charge in [-0.2, -0.15) is 0 Å². The monoisotopic (exact) mass is 269 g/mol. The van der Waals surface area contributed by atoms with Gasteiger partial charge >= 0.3 is 0 Å². The molecule has 0 aliphatic rings. The molecule has 0 bridgehead atoms. The van der Waals surface area contributed by atoms with Crippen LogP contribution in [0.25, 0.3) is 0 Å². The number of nitrogen functional groups attached to an aromatic ring is 1. The molecule has 0 spiro atoms. The van der Waals surface area contributed by atoms with Crippen LogP contribution in [0.5, 0.6) is 0 Å². The molecule has 0 atom stereocenters. The van der Waals surface area contributed by atoms with Crippen molar-refractivity contribution >= 4 is 11.5 Å². The van der Waals surface area contributed by atoms with Crippen LogP contribution in [-0.4, -0.2) is 12.0 Å². The van der Waals surface area contributed by atoms with Crippen molar-refractivity contribution in [2.24, 2.45) is 0 Å². The fourth-order valence-electron chi connectivity index (χ4n) is 2.76. The second-order valence-corrected chi connectivity index (χ2v) is 5.64. The molecule has 0 aliphatic heterocycles. The Balaban J connectivity index is 2.30. The Kier molecular flexibility index (Phi) is 3.98. The first kappa shape index (κ1) is 14.4. The summed E-state index contributed by atoms with van der Waals surface area (Å²) in [5, 5.41) is 0.